The molecule has 5 aliphatic rings. The number of hydrogen-bond acceptors (Lipinski definition) is 20. The molecule has 0 spiro atoms. The van der Waals surface area contributed by atoms with Crippen LogP contribution in [0, 0.1) is 5.92 Å². The molecular formula is C101H126O20. The van der Waals surface area contributed by atoms with Crippen LogP contribution < -0.4 is 0 Å². The van der Waals surface area contributed by atoms with Crippen molar-refractivity contribution in [3.8, 4) is 0 Å². The van der Waals surface area contributed by atoms with Crippen LogP contribution in [0.1, 0.15) is 176 Å². The van der Waals surface area contributed by atoms with E-state index in [1.807, 2.05) is 277 Å². The first-order valence-electron chi connectivity index (χ1n) is 44.2. The Morgan fingerprint density at radius 2 is 0.702 bits per heavy atom. The van der Waals surface area contributed by atoms with E-state index in [1.54, 1.807) is 6.92 Å². The van der Waals surface area contributed by atoms with Crippen LogP contribution in [-0.4, -0.2) is 147 Å². The molecular weight excluding hydrogens is 1530 g/mol. The predicted octanol–water partition coefficient (Wildman–Crippen LogP) is 18.8. The summed E-state index contributed by atoms with van der Waals surface area (Å²) < 4.78 is 132. The topological polar surface area (TPSA) is 200 Å². The van der Waals surface area contributed by atoms with Crippen molar-refractivity contribution in [3.05, 3.63) is 287 Å². The van der Waals surface area contributed by atoms with Crippen molar-refractivity contribution >= 4 is 11.9 Å². The molecule has 8 aromatic carbocycles. The van der Waals surface area contributed by atoms with E-state index in [0.717, 1.165) is 115 Å². The second kappa shape index (κ2) is 47.8. The second-order valence-corrected chi connectivity index (χ2v) is 32.9. The molecule has 650 valence electrons. The van der Waals surface area contributed by atoms with Gasteiger partial charge in [-0.3, -0.25) is 9.59 Å². The maximum Gasteiger partial charge on any atom is 0.311 e. The Labute approximate surface area is 716 Å². The van der Waals surface area contributed by atoms with Crippen molar-refractivity contribution in [3.63, 3.8) is 0 Å². The Balaban J connectivity index is 0.984. The van der Waals surface area contributed by atoms with E-state index in [1.165, 1.54) is 0 Å². The van der Waals surface area contributed by atoms with Gasteiger partial charge >= 0.3 is 11.9 Å². The van der Waals surface area contributed by atoms with E-state index in [4.69, 9.17) is 85.3 Å². The van der Waals surface area contributed by atoms with E-state index in [9.17, 15) is 0 Å². The standard InChI is InChI=1S/C101H126O20/c1-8-9-23-58-83-59-40-13-11-10-12-14-41-60-84(102)117-95-91(118-97(103)69(2)70(3)104-61-75-42-24-15-25-43-75)87(107-64-78-48-30-18-31-49-78)73(6)114-100(95)119-92-88(108-65-79-50-32-19-33-51-79)74(7)115-101(120-94-90(110-67-81-54-36-21-37-55-81)86(72(5)113-99(94)116-83)106-63-77-46-28-17-29-47-77)96(92)121-98-93(111-68-82-56-38-22-39-57-82)89(109-66-80-52-34-20-35-53-80)85(71(4)112-98)105-62-76-44-26-16-27-45-76/h15-22,24-39,42-57,69-74,83,85-96,98-101H,8-14,23,40-41,58-68H2,1-7H3/t69-,70-,71+,72-,73-,74-,83+,85+,86-,87-,88-,89-,90+,91+,92+,93-,94-,95-,96-,98+,99+,100+,101+/m1/s1. The quantitative estimate of drug-likeness (QED) is 0.0277. The van der Waals surface area contributed by atoms with Gasteiger partial charge in [-0.15, -0.1) is 0 Å². The van der Waals surface area contributed by atoms with Gasteiger partial charge in [0.2, 0.25) is 0 Å². The normalized spacial score (nSPS) is 29.6. The van der Waals surface area contributed by atoms with E-state index < -0.39 is 147 Å². The van der Waals surface area contributed by atoms with Crippen LogP contribution in [0.25, 0.3) is 0 Å². The van der Waals surface area contributed by atoms with Gasteiger partial charge in [0, 0.05) is 6.42 Å². The Morgan fingerprint density at radius 3 is 1.17 bits per heavy atom. The molecule has 0 unspecified atom stereocenters. The molecule has 23 atom stereocenters. The first-order valence-corrected chi connectivity index (χ1v) is 44.2. The number of rotatable bonds is 33. The number of esters is 2. The predicted molar refractivity (Wildman–Crippen MR) is 457 cm³/mol. The molecule has 20 nitrogen and oxygen atoms in total. The summed E-state index contributed by atoms with van der Waals surface area (Å²) in [5.74, 6) is -2.02. The van der Waals surface area contributed by atoms with Crippen LogP contribution in [0.15, 0.2) is 243 Å². The van der Waals surface area contributed by atoms with Crippen LogP contribution in [0.5, 0.6) is 0 Å². The molecule has 5 saturated heterocycles. The Morgan fingerprint density at radius 1 is 0.347 bits per heavy atom. The Kier molecular flexibility index (Phi) is 35.9. The van der Waals surface area contributed by atoms with Gasteiger partial charge in [-0.1, -0.05) is 307 Å². The third-order valence-corrected chi connectivity index (χ3v) is 23.6. The van der Waals surface area contributed by atoms with Crippen molar-refractivity contribution in [2.24, 2.45) is 5.92 Å². The zero-order valence-electron chi connectivity index (χ0n) is 71.4. The highest BCUT2D eigenvalue weighted by atomic mass is 16.8. The number of ether oxygens (including phenoxy) is 18. The second-order valence-electron chi connectivity index (χ2n) is 32.9. The summed E-state index contributed by atoms with van der Waals surface area (Å²) in [5, 5.41) is 0. The largest absolute Gasteiger partial charge is 0.455 e. The molecule has 0 aliphatic carbocycles. The lowest BCUT2D eigenvalue weighted by molar-refractivity contribution is -0.414. The number of fused-ring (bicyclic) bond motifs is 4. The van der Waals surface area contributed by atoms with Crippen LogP contribution in [-0.2, 0) is 148 Å². The smallest absolute Gasteiger partial charge is 0.311 e. The highest BCUT2D eigenvalue weighted by Crippen LogP contribution is 2.42. The van der Waals surface area contributed by atoms with Crippen LogP contribution >= 0.6 is 0 Å². The van der Waals surface area contributed by atoms with Gasteiger partial charge in [0.05, 0.1) is 95.4 Å². The third-order valence-electron chi connectivity index (χ3n) is 23.6. The van der Waals surface area contributed by atoms with Crippen LogP contribution in [0.3, 0.4) is 0 Å². The summed E-state index contributed by atoms with van der Waals surface area (Å²) in [5.41, 5.74) is 7.24. The molecule has 0 saturated carbocycles. The molecule has 0 aromatic heterocycles. The van der Waals surface area contributed by atoms with E-state index in [2.05, 4.69) is 6.92 Å². The lowest BCUT2D eigenvalue weighted by Gasteiger charge is -2.52. The molecule has 121 heavy (non-hydrogen) atoms. The third kappa shape index (κ3) is 26.8. The van der Waals surface area contributed by atoms with E-state index in [-0.39, 0.29) is 65.4 Å². The molecule has 5 fully saturated rings. The average molecular weight is 1660 g/mol. The van der Waals surface area contributed by atoms with Gasteiger partial charge in [0.15, 0.2) is 37.4 Å². The van der Waals surface area contributed by atoms with Crippen molar-refractivity contribution < 1.29 is 94.9 Å². The van der Waals surface area contributed by atoms with Crippen LogP contribution in [0.4, 0.5) is 0 Å². The fourth-order valence-corrected chi connectivity index (χ4v) is 16.5. The minimum Gasteiger partial charge on any atom is -0.455 e. The number of carbonyl (C=O) groups excluding carboxylic acids is 2. The summed E-state index contributed by atoms with van der Waals surface area (Å²) in [6, 6.07) is 79.3. The molecule has 0 N–H and O–H groups in total. The summed E-state index contributed by atoms with van der Waals surface area (Å²) in [7, 11) is 0. The molecule has 0 radical (unpaired) electrons. The van der Waals surface area contributed by atoms with Crippen LogP contribution in [0.2, 0.25) is 0 Å². The molecule has 13 rings (SSSR count). The van der Waals surface area contributed by atoms with Crippen molar-refractivity contribution in [1.82, 2.24) is 0 Å². The highest BCUT2D eigenvalue weighted by molar-refractivity contribution is 5.73. The maximum absolute atomic E-state index is 15.5. The average Bonchev–Trinajstić information content (AvgIpc) is 0.775. The van der Waals surface area contributed by atoms with Gasteiger partial charge in [-0.2, -0.15) is 0 Å². The van der Waals surface area contributed by atoms with E-state index in [0.29, 0.717) is 6.42 Å². The molecule has 20 heteroatoms. The fraction of sp³-hybridized carbons (Fsp3) is 0.505. The fourth-order valence-electron chi connectivity index (χ4n) is 16.5. The molecule has 8 aromatic rings. The summed E-state index contributed by atoms with van der Waals surface area (Å²) in [4.78, 5) is 30.8. The zero-order valence-corrected chi connectivity index (χ0v) is 71.4. The van der Waals surface area contributed by atoms with Crippen molar-refractivity contribution in [2.75, 3.05) is 0 Å². The number of carbonyl (C=O) groups is 2. The number of unbranched alkanes of at least 4 members (excludes halogenated alkanes) is 2. The van der Waals surface area contributed by atoms with Crippen molar-refractivity contribution in [1.29, 1.82) is 0 Å². The lowest BCUT2D eigenvalue weighted by Crippen LogP contribution is -2.69. The minimum absolute atomic E-state index is 0.0449. The zero-order chi connectivity index (χ0) is 83.9. The SMILES string of the molecule is CCCCC[C@H]1CCCCCCCCCC(=O)O[C@H]2[C@H](O[C@@H]3[C@@H](O[C@@H]4O[C@@H](C)[C@H](OCc5ccccc5)[C@@H](OCc5ccccc5)[C@H]4OCc4ccccc4)[C@H](O[C@H]4[C@H](O1)O[C@H](C)[C@@H](OCc1ccccc1)[C@@H]4OCc1ccccc1)O[C@H](C)[C@H]3OCc1ccccc1)O[C@H](C)[C@@H](OCc1ccccc1)[C@@H]2OC(=O)[C@H](C)[C@@H](C)OCc1ccccc1. The first kappa shape index (κ1) is 90.8. The summed E-state index contributed by atoms with van der Waals surface area (Å²) >= 11 is 0. The van der Waals surface area contributed by atoms with Gasteiger partial charge < -0.3 is 85.3 Å². The highest BCUT2D eigenvalue weighted by Gasteiger charge is 2.60. The molecule has 2 bridgehead atoms. The summed E-state index contributed by atoms with van der Waals surface area (Å²) in [6.07, 6.45) is -12.6. The van der Waals surface area contributed by atoms with Gasteiger partial charge in [0.25, 0.3) is 0 Å². The maximum atomic E-state index is 15.5. The Hall–Kier alpha value is -7.94. The monoisotopic (exact) mass is 1660 g/mol. The van der Waals surface area contributed by atoms with Gasteiger partial charge in [-0.05, 0) is 105 Å². The molecule has 5 aliphatic heterocycles. The summed E-state index contributed by atoms with van der Waals surface area (Å²) in [6.45, 7) is 14.8. The number of hydrogen-bond donors (Lipinski definition) is 0. The molecule has 0 amide bonds. The molecule has 5 heterocycles. The van der Waals surface area contributed by atoms with Gasteiger partial charge in [-0.25, -0.2) is 0 Å². The van der Waals surface area contributed by atoms with Gasteiger partial charge in [0.1, 0.15) is 61.0 Å². The van der Waals surface area contributed by atoms with Crippen molar-refractivity contribution in [2.45, 2.75) is 320 Å². The van der Waals surface area contributed by atoms with E-state index >= 15 is 9.59 Å². The minimum atomic E-state index is -1.58. The first-order chi connectivity index (χ1) is 59.3. The Bertz CT molecular complexity index is 4200. The lowest BCUT2D eigenvalue weighted by atomic mass is 9.95. The number of benzene rings is 8.